The first-order valence-corrected chi connectivity index (χ1v) is 7.64. The molecule has 2 aromatic rings. The largest absolute Gasteiger partial charge is 0.496 e. The van der Waals surface area contributed by atoms with Gasteiger partial charge in [0.15, 0.2) is 0 Å². The maximum Gasteiger partial charge on any atom is 0.268 e. The SMILES string of the molecule is CNC(=O)[C@H](CC(C)C)NC(=O)c1cc2c(OC)cccc2[nH]1. The Morgan fingerprint density at radius 1 is 1.30 bits per heavy atom. The number of likely N-dealkylation sites (N-methyl/N-ethyl adjacent to an activating group) is 1. The molecule has 2 amide bonds. The van der Waals surface area contributed by atoms with Gasteiger partial charge in [0.05, 0.1) is 7.11 Å². The number of benzene rings is 1. The first-order chi connectivity index (χ1) is 11.0. The van der Waals surface area contributed by atoms with Crippen molar-refractivity contribution in [3.63, 3.8) is 0 Å². The highest BCUT2D eigenvalue weighted by Crippen LogP contribution is 2.26. The zero-order chi connectivity index (χ0) is 17.0. The molecule has 0 aliphatic heterocycles. The molecule has 0 saturated carbocycles. The third kappa shape index (κ3) is 3.83. The minimum atomic E-state index is -0.555. The van der Waals surface area contributed by atoms with Crippen LogP contribution in [0.1, 0.15) is 30.8 Å². The van der Waals surface area contributed by atoms with Crippen molar-refractivity contribution in [2.24, 2.45) is 5.92 Å². The van der Waals surface area contributed by atoms with Gasteiger partial charge in [-0.3, -0.25) is 9.59 Å². The summed E-state index contributed by atoms with van der Waals surface area (Å²) in [5, 5.41) is 6.21. The lowest BCUT2D eigenvalue weighted by Gasteiger charge is -2.18. The van der Waals surface area contributed by atoms with Gasteiger partial charge in [-0.1, -0.05) is 19.9 Å². The molecule has 1 heterocycles. The van der Waals surface area contributed by atoms with Crippen LogP contribution in [0, 0.1) is 5.92 Å². The summed E-state index contributed by atoms with van der Waals surface area (Å²) in [6.07, 6.45) is 0.578. The van der Waals surface area contributed by atoms with Crippen LogP contribution < -0.4 is 15.4 Å². The molecule has 1 atom stereocenters. The van der Waals surface area contributed by atoms with E-state index in [1.54, 1.807) is 20.2 Å². The standard InChI is InChI=1S/C17H23N3O3/c1-10(2)8-13(16(21)18-3)20-17(22)14-9-11-12(19-14)6-5-7-15(11)23-4/h5-7,9-10,13,19H,8H2,1-4H3,(H,18,21)(H,20,22)/t13-/m0/s1. The van der Waals surface area contributed by atoms with Crippen molar-refractivity contribution in [1.82, 2.24) is 15.6 Å². The first kappa shape index (κ1) is 16.9. The molecule has 3 N–H and O–H groups in total. The van der Waals surface area contributed by atoms with Gasteiger partial charge in [-0.2, -0.15) is 0 Å². The number of hydrogen-bond acceptors (Lipinski definition) is 3. The molecule has 0 saturated heterocycles. The Morgan fingerprint density at radius 2 is 2.04 bits per heavy atom. The van der Waals surface area contributed by atoms with Crippen LogP contribution in [0.25, 0.3) is 10.9 Å². The highest BCUT2D eigenvalue weighted by molar-refractivity contribution is 6.01. The monoisotopic (exact) mass is 317 g/mol. The van der Waals surface area contributed by atoms with Crippen molar-refractivity contribution < 1.29 is 14.3 Å². The lowest BCUT2D eigenvalue weighted by atomic mass is 10.0. The van der Waals surface area contributed by atoms with Crippen LogP contribution in [0.15, 0.2) is 24.3 Å². The number of aromatic amines is 1. The third-order valence-electron chi connectivity index (χ3n) is 3.66. The molecule has 2 rings (SSSR count). The highest BCUT2D eigenvalue weighted by Gasteiger charge is 2.22. The minimum absolute atomic E-state index is 0.194. The van der Waals surface area contributed by atoms with Crippen LogP contribution in [-0.4, -0.2) is 37.0 Å². The number of carbonyl (C=O) groups excluding carboxylic acids is 2. The van der Waals surface area contributed by atoms with Gasteiger partial charge in [0.2, 0.25) is 5.91 Å². The summed E-state index contributed by atoms with van der Waals surface area (Å²) in [6.45, 7) is 4.02. The Bertz CT molecular complexity index is 706. The normalized spacial score (nSPS) is 12.2. The van der Waals surface area contributed by atoms with E-state index in [1.807, 2.05) is 32.0 Å². The molecule has 0 unspecified atom stereocenters. The molecule has 0 bridgehead atoms. The van der Waals surface area contributed by atoms with Crippen LogP contribution in [0.4, 0.5) is 0 Å². The fourth-order valence-corrected chi connectivity index (χ4v) is 2.54. The molecule has 6 nitrogen and oxygen atoms in total. The van der Waals surface area contributed by atoms with E-state index < -0.39 is 6.04 Å². The fraction of sp³-hybridized carbons (Fsp3) is 0.412. The number of fused-ring (bicyclic) bond motifs is 1. The Balaban J connectivity index is 2.23. The predicted octanol–water partition coefficient (Wildman–Crippen LogP) is 2.07. The molecule has 0 aliphatic rings. The molecule has 1 aromatic carbocycles. The zero-order valence-corrected chi connectivity index (χ0v) is 13.9. The number of rotatable bonds is 6. The quantitative estimate of drug-likeness (QED) is 0.762. The van der Waals surface area contributed by atoms with Crippen LogP contribution in [0.3, 0.4) is 0 Å². The first-order valence-electron chi connectivity index (χ1n) is 7.64. The van der Waals surface area contributed by atoms with Gasteiger partial charge in [0.1, 0.15) is 17.5 Å². The summed E-state index contributed by atoms with van der Waals surface area (Å²) < 4.78 is 5.29. The number of methoxy groups -OCH3 is 1. The van der Waals surface area contributed by atoms with Crippen LogP contribution in [-0.2, 0) is 4.79 Å². The minimum Gasteiger partial charge on any atom is -0.496 e. The number of nitrogens with one attached hydrogen (secondary N) is 3. The summed E-state index contributed by atoms with van der Waals surface area (Å²) in [7, 11) is 3.15. The zero-order valence-electron chi connectivity index (χ0n) is 13.9. The third-order valence-corrected chi connectivity index (χ3v) is 3.66. The lowest BCUT2D eigenvalue weighted by Crippen LogP contribution is -2.46. The topological polar surface area (TPSA) is 83.2 Å². The maximum absolute atomic E-state index is 12.5. The van der Waals surface area contributed by atoms with Crippen molar-refractivity contribution in [3.05, 3.63) is 30.0 Å². The molecule has 23 heavy (non-hydrogen) atoms. The molecule has 0 spiro atoms. The molecule has 0 aliphatic carbocycles. The molecular weight excluding hydrogens is 294 g/mol. The molecule has 1 aromatic heterocycles. The molecule has 0 radical (unpaired) electrons. The van der Waals surface area contributed by atoms with E-state index in [2.05, 4.69) is 15.6 Å². The highest BCUT2D eigenvalue weighted by atomic mass is 16.5. The van der Waals surface area contributed by atoms with Gasteiger partial charge >= 0.3 is 0 Å². The van der Waals surface area contributed by atoms with Gasteiger partial charge < -0.3 is 20.4 Å². The van der Waals surface area contributed by atoms with Gasteiger partial charge in [-0.15, -0.1) is 0 Å². The van der Waals surface area contributed by atoms with Crippen molar-refractivity contribution in [2.45, 2.75) is 26.3 Å². The average Bonchev–Trinajstić information content (AvgIpc) is 2.97. The van der Waals surface area contributed by atoms with E-state index in [9.17, 15) is 9.59 Å². The second-order valence-electron chi connectivity index (χ2n) is 5.87. The Labute approximate surface area is 135 Å². The predicted molar refractivity (Wildman–Crippen MR) is 89.6 cm³/mol. The van der Waals surface area contributed by atoms with E-state index in [4.69, 9.17) is 4.74 Å². The van der Waals surface area contributed by atoms with Gasteiger partial charge in [-0.05, 0) is 30.5 Å². The van der Waals surface area contributed by atoms with Crippen LogP contribution in [0.2, 0.25) is 0 Å². The molecular formula is C17H23N3O3. The Hall–Kier alpha value is -2.50. The molecule has 0 fully saturated rings. The number of H-pyrrole nitrogens is 1. The number of aromatic nitrogens is 1. The van der Waals surface area contributed by atoms with E-state index in [-0.39, 0.29) is 11.8 Å². The van der Waals surface area contributed by atoms with Crippen molar-refractivity contribution in [2.75, 3.05) is 14.2 Å². The van der Waals surface area contributed by atoms with Gasteiger partial charge in [-0.25, -0.2) is 0 Å². The Morgan fingerprint density at radius 3 is 2.65 bits per heavy atom. The lowest BCUT2D eigenvalue weighted by molar-refractivity contribution is -0.122. The summed E-state index contributed by atoms with van der Waals surface area (Å²) >= 11 is 0. The Kier molecular flexibility index (Phi) is 5.26. The van der Waals surface area contributed by atoms with E-state index in [0.29, 0.717) is 23.8 Å². The number of amides is 2. The van der Waals surface area contributed by atoms with Crippen molar-refractivity contribution >= 4 is 22.7 Å². The molecule has 6 heteroatoms. The van der Waals surface area contributed by atoms with E-state index in [0.717, 1.165) is 10.9 Å². The number of carbonyl (C=O) groups is 2. The summed E-state index contributed by atoms with van der Waals surface area (Å²) in [6, 6.07) is 6.74. The maximum atomic E-state index is 12.5. The van der Waals surface area contributed by atoms with Crippen LogP contribution >= 0.6 is 0 Å². The molecule has 124 valence electrons. The van der Waals surface area contributed by atoms with Crippen LogP contribution in [0.5, 0.6) is 5.75 Å². The second-order valence-corrected chi connectivity index (χ2v) is 5.87. The van der Waals surface area contributed by atoms with Crippen molar-refractivity contribution in [1.29, 1.82) is 0 Å². The number of hydrogen-bond donors (Lipinski definition) is 3. The average molecular weight is 317 g/mol. The second kappa shape index (κ2) is 7.17. The summed E-state index contributed by atoms with van der Waals surface area (Å²) in [5.74, 6) is 0.487. The summed E-state index contributed by atoms with van der Waals surface area (Å²) in [5.41, 5.74) is 1.22. The fourth-order valence-electron chi connectivity index (χ4n) is 2.54. The number of ether oxygens (including phenoxy) is 1. The smallest absolute Gasteiger partial charge is 0.268 e. The van der Waals surface area contributed by atoms with Gasteiger partial charge in [0, 0.05) is 18.0 Å². The summed E-state index contributed by atoms with van der Waals surface area (Å²) in [4.78, 5) is 27.5. The van der Waals surface area contributed by atoms with E-state index >= 15 is 0 Å². The van der Waals surface area contributed by atoms with Crippen molar-refractivity contribution in [3.8, 4) is 5.75 Å². The van der Waals surface area contributed by atoms with E-state index in [1.165, 1.54) is 0 Å². The van der Waals surface area contributed by atoms with Gasteiger partial charge in [0.25, 0.3) is 5.91 Å².